The first-order chi connectivity index (χ1) is 7.50. The molecule has 1 heterocycles. The van der Waals surface area contributed by atoms with Crippen LogP contribution in [0, 0.1) is 10.1 Å². The molecular weight excluding hydrogens is 220 g/mol. The highest BCUT2D eigenvalue weighted by atomic mass is 16.6. The number of carboxylic acids is 1. The molecule has 8 heteroatoms. The Morgan fingerprint density at radius 2 is 2.25 bits per heavy atom. The van der Waals surface area contributed by atoms with E-state index in [0.29, 0.717) is 0 Å². The van der Waals surface area contributed by atoms with E-state index in [1.54, 1.807) is 0 Å². The first-order valence-electron chi connectivity index (χ1n) is 4.02. The van der Waals surface area contributed by atoms with Crippen LogP contribution in [0.2, 0.25) is 0 Å². The number of nitrogens with zero attached hydrogens (tertiary/aromatic N) is 2. The molecule has 0 saturated heterocycles. The van der Waals surface area contributed by atoms with Crippen LogP contribution in [0.15, 0.2) is 18.3 Å². The molecule has 8 nitrogen and oxygen atoms in total. The minimum Gasteiger partial charge on any atom is -0.481 e. The lowest BCUT2D eigenvalue weighted by Gasteiger charge is -2.01. The lowest BCUT2D eigenvalue weighted by atomic mass is 10.4. The van der Waals surface area contributed by atoms with E-state index in [-0.39, 0.29) is 0 Å². The van der Waals surface area contributed by atoms with Crippen molar-refractivity contribution in [2.45, 2.75) is 6.42 Å². The second kappa shape index (κ2) is 4.82. The van der Waals surface area contributed by atoms with Crippen LogP contribution in [0.3, 0.4) is 0 Å². The number of carboxylic acid groups (broad SMARTS) is 1. The SMILES string of the molecule is O=C(O)CC(=O)Oc1ncccc1[N+](=O)[O-]. The van der Waals surface area contributed by atoms with E-state index in [1.165, 1.54) is 12.3 Å². The van der Waals surface area contributed by atoms with Crippen molar-refractivity contribution in [3.05, 3.63) is 28.4 Å². The molecule has 84 valence electrons. The summed E-state index contributed by atoms with van der Waals surface area (Å²) in [5.74, 6) is -3.02. The summed E-state index contributed by atoms with van der Waals surface area (Å²) in [7, 11) is 0. The Bertz CT molecular complexity index is 444. The van der Waals surface area contributed by atoms with Crippen molar-refractivity contribution in [3.8, 4) is 5.88 Å². The van der Waals surface area contributed by atoms with Gasteiger partial charge < -0.3 is 9.84 Å². The molecule has 0 atom stereocenters. The van der Waals surface area contributed by atoms with Crippen LogP contribution < -0.4 is 4.74 Å². The van der Waals surface area contributed by atoms with E-state index in [1.807, 2.05) is 0 Å². The molecule has 1 aromatic heterocycles. The van der Waals surface area contributed by atoms with Gasteiger partial charge in [0, 0.05) is 12.3 Å². The highest BCUT2D eigenvalue weighted by molar-refractivity contribution is 5.91. The van der Waals surface area contributed by atoms with E-state index in [9.17, 15) is 19.7 Å². The van der Waals surface area contributed by atoms with Gasteiger partial charge in [-0.05, 0) is 6.07 Å². The number of nitro groups is 1. The fraction of sp³-hybridized carbons (Fsp3) is 0.125. The Morgan fingerprint density at radius 3 is 2.81 bits per heavy atom. The highest BCUT2D eigenvalue weighted by Gasteiger charge is 2.19. The van der Waals surface area contributed by atoms with Gasteiger partial charge in [-0.25, -0.2) is 4.98 Å². The molecule has 1 rings (SSSR count). The fourth-order valence-corrected chi connectivity index (χ4v) is 0.867. The van der Waals surface area contributed by atoms with Crippen LogP contribution in [0.5, 0.6) is 5.88 Å². The Kier molecular flexibility index (Phi) is 3.49. The van der Waals surface area contributed by atoms with E-state index in [0.717, 1.165) is 6.07 Å². The van der Waals surface area contributed by atoms with Gasteiger partial charge in [-0.2, -0.15) is 0 Å². The predicted molar refractivity (Wildman–Crippen MR) is 48.8 cm³/mol. The Hall–Kier alpha value is -2.51. The molecule has 0 aliphatic heterocycles. The first kappa shape index (κ1) is 11.6. The van der Waals surface area contributed by atoms with Crippen LogP contribution in [0.25, 0.3) is 0 Å². The highest BCUT2D eigenvalue weighted by Crippen LogP contribution is 2.22. The number of rotatable bonds is 4. The molecule has 1 N–H and O–H groups in total. The van der Waals surface area contributed by atoms with Crippen LogP contribution >= 0.6 is 0 Å². The number of carbonyl (C=O) groups excluding carboxylic acids is 1. The third-order valence-electron chi connectivity index (χ3n) is 1.45. The summed E-state index contributed by atoms with van der Waals surface area (Å²) in [4.78, 5) is 34.3. The second-order valence-corrected chi connectivity index (χ2v) is 2.63. The van der Waals surface area contributed by atoms with Crippen molar-refractivity contribution in [1.82, 2.24) is 4.98 Å². The number of aliphatic carboxylic acids is 1. The van der Waals surface area contributed by atoms with E-state index in [4.69, 9.17) is 5.11 Å². The van der Waals surface area contributed by atoms with E-state index in [2.05, 4.69) is 9.72 Å². The molecule has 16 heavy (non-hydrogen) atoms. The zero-order valence-corrected chi connectivity index (χ0v) is 7.82. The van der Waals surface area contributed by atoms with Crippen molar-refractivity contribution >= 4 is 17.6 Å². The van der Waals surface area contributed by atoms with Crippen molar-refractivity contribution in [3.63, 3.8) is 0 Å². The summed E-state index contributed by atoms with van der Waals surface area (Å²) < 4.78 is 4.45. The topological polar surface area (TPSA) is 120 Å². The molecule has 0 fully saturated rings. The molecule has 0 amide bonds. The molecule has 0 aromatic carbocycles. The second-order valence-electron chi connectivity index (χ2n) is 2.63. The molecule has 1 aromatic rings. The average Bonchev–Trinajstić information content (AvgIpc) is 2.16. The summed E-state index contributed by atoms with van der Waals surface area (Å²) in [5.41, 5.74) is -0.499. The third-order valence-corrected chi connectivity index (χ3v) is 1.45. The molecule has 0 unspecified atom stereocenters. The lowest BCUT2D eigenvalue weighted by Crippen LogP contribution is -2.14. The lowest BCUT2D eigenvalue weighted by molar-refractivity contribution is -0.386. The maximum absolute atomic E-state index is 10.9. The van der Waals surface area contributed by atoms with Crippen LogP contribution in [0.1, 0.15) is 6.42 Å². The average molecular weight is 226 g/mol. The van der Waals surface area contributed by atoms with Crippen molar-refractivity contribution < 1.29 is 24.4 Å². The normalized spacial score (nSPS) is 9.50. The molecular formula is C8H6N2O6. The van der Waals surface area contributed by atoms with Crippen molar-refractivity contribution in [2.75, 3.05) is 0 Å². The fourth-order valence-electron chi connectivity index (χ4n) is 0.867. The van der Waals surface area contributed by atoms with Gasteiger partial charge in [0.2, 0.25) is 0 Å². The van der Waals surface area contributed by atoms with Gasteiger partial charge in [-0.1, -0.05) is 0 Å². The molecule has 0 saturated carbocycles. The Morgan fingerprint density at radius 1 is 1.56 bits per heavy atom. The number of hydrogen-bond acceptors (Lipinski definition) is 6. The summed E-state index contributed by atoms with van der Waals surface area (Å²) in [6.07, 6.45) is 0.310. The maximum atomic E-state index is 10.9. The largest absolute Gasteiger partial charge is 0.481 e. The summed E-state index contributed by atoms with van der Waals surface area (Å²) in [6.45, 7) is 0. The van der Waals surface area contributed by atoms with Crippen LogP contribution in [-0.2, 0) is 9.59 Å². The van der Waals surface area contributed by atoms with Gasteiger partial charge in [-0.3, -0.25) is 19.7 Å². The molecule has 0 bridgehead atoms. The van der Waals surface area contributed by atoms with Crippen molar-refractivity contribution in [1.29, 1.82) is 0 Å². The maximum Gasteiger partial charge on any atom is 0.331 e. The molecule has 0 radical (unpaired) electrons. The van der Waals surface area contributed by atoms with Crippen LogP contribution in [0.4, 0.5) is 5.69 Å². The smallest absolute Gasteiger partial charge is 0.331 e. The van der Waals surface area contributed by atoms with Crippen LogP contribution in [-0.4, -0.2) is 27.0 Å². The Labute approximate surface area is 88.6 Å². The van der Waals surface area contributed by atoms with Gasteiger partial charge in [0.05, 0.1) is 4.92 Å². The number of pyridine rings is 1. The van der Waals surface area contributed by atoms with Gasteiger partial charge in [-0.15, -0.1) is 0 Å². The van der Waals surface area contributed by atoms with Gasteiger partial charge in [0.15, 0.2) is 0 Å². The first-order valence-corrected chi connectivity index (χ1v) is 4.02. The van der Waals surface area contributed by atoms with E-state index < -0.39 is 34.9 Å². The number of ether oxygens (including phenoxy) is 1. The minimum atomic E-state index is -1.39. The molecule has 0 spiro atoms. The Balaban J connectivity index is 2.84. The summed E-state index contributed by atoms with van der Waals surface area (Å²) >= 11 is 0. The number of aromatic nitrogens is 1. The van der Waals surface area contributed by atoms with Gasteiger partial charge in [0.25, 0.3) is 0 Å². The van der Waals surface area contributed by atoms with Crippen molar-refractivity contribution in [2.24, 2.45) is 0 Å². The van der Waals surface area contributed by atoms with Gasteiger partial charge >= 0.3 is 23.5 Å². The van der Waals surface area contributed by atoms with E-state index >= 15 is 0 Å². The standard InChI is InChI=1S/C8H6N2O6/c11-6(12)4-7(13)16-8-5(10(14)15)2-1-3-9-8/h1-3H,4H2,(H,11,12). The zero-order chi connectivity index (χ0) is 12.1. The van der Waals surface area contributed by atoms with Gasteiger partial charge in [0.1, 0.15) is 6.42 Å². The summed E-state index contributed by atoms with van der Waals surface area (Å²) in [5, 5.41) is 18.8. The predicted octanol–water partition coefficient (Wildman–Crippen LogP) is 0.370. The molecule has 0 aliphatic rings. The quantitative estimate of drug-likeness (QED) is 0.340. The number of esters is 1. The zero-order valence-electron chi connectivity index (χ0n) is 7.82. The number of carbonyl (C=O) groups is 2. The monoisotopic (exact) mass is 226 g/mol. The minimum absolute atomic E-state index is 0.499. The number of hydrogen-bond donors (Lipinski definition) is 1. The summed E-state index contributed by atoms with van der Waals surface area (Å²) in [6, 6.07) is 2.39. The molecule has 0 aliphatic carbocycles. The third kappa shape index (κ3) is 3.01.